The molecule has 4 heteroatoms. The molecule has 2 saturated carbocycles. The minimum absolute atomic E-state index is 0.0696. The summed E-state index contributed by atoms with van der Waals surface area (Å²) in [5.74, 6) is 0.340. The molecule has 1 unspecified atom stereocenters. The van der Waals surface area contributed by atoms with Gasteiger partial charge in [-0.05, 0) is 24.7 Å². The predicted molar refractivity (Wildman–Crippen MR) is 56.6 cm³/mol. The van der Waals surface area contributed by atoms with Gasteiger partial charge in [-0.2, -0.15) is 0 Å². The minimum Gasteiger partial charge on any atom is -0.475 e. The fourth-order valence-electron chi connectivity index (χ4n) is 2.17. The van der Waals surface area contributed by atoms with Gasteiger partial charge >= 0.3 is 5.97 Å². The number of oxazole rings is 1. The van der Waals surface area contributed by atoms with Crippen LogP contribution >= 0.6 is 0 Å². The number of nitrogens with zero attached hydrogens (tertiary/aromatic N) is 1. The van der Waals surface area contributed by atoms with E-state index in [-0.39, 0.29) is 11.2 Å². The highest BCUT2D eigenvalue weighted by Crippen LogP contribution is 2.58. The smallest absolute Gasteiger partial charge is 0.373 e. The van der Waals surface area contributed by atoms with Gasteiger partial charge in [-0.15, -0.1) is 0 Å². The Morgan fingerprint density at radius 1 is 1.50 bits per heavy atom. The Kier molecular flexibility index (Phi) is 1.77. The summed E-state index contributed by atoms with van der Waals surface area (Å²) in [5.41, 5.74) is 0.895. The molecule has 1 aromatic rings. The quantitative estimate of drug-likeness (QED) is 0.852. The molecule has 0 bridgehead atoms. The molecule has 1 aromatic heterocycles. The monoisotopic (exact) mass is 221 g/mol. The van der Waals surface area contributed by atoms with Crippen LogP contribution in [-0.2, 0) is 0 Å². The van der Waals surface area contributed by atoms with E-state index in [4.69, 9.17) is 9.52 Å². The second kappa shape index (κ2) is 2.87. The van der Waals surface area contributed by atoms with Gasteiger partial charge in [-0.25, -0.2) is 9.78 Å². The molecule has 0 aromatic carbocycles. The summed E-state index contributed by atoms with van der Waals surface area (Å²) < 4.78 is 5.43. The maximum atomic E-state index is 11.0. The Balaban J connectivity index is 1.96. The van der Waals surface area contributed by atoms with Gasteiger partial charge in [-0.1, -0.05) is 13.8 Å². The fraction of sp³-hybridized carbons (Fsp3) is 0.667. The molecule has 0 amide bonds. The average Bonchev–Trinajstić information content (AvgIpc) is 3.07. The minimum atomic E-state index is -0.987. The molecule has 0 radical (unpaired) electrons. The van der Waals surface area contributed by atoms with E-state index in [1.54, 1.807) is 0 Å². The molecule has 16 heavy (non-hydrogen) atoms. The van der Waals surface area contributed by atoms with Crippen molar-refractivity contribution in [3.05, 3.63) is 17.3 Å². The molecule has 2 aliphatic carbocycles. The second-order valence-corrected chi connectivity index (χ2v) is 5.59. The van der Waals surface area contributed by atoms with E-state index >= 15 is 0 Å². The van der Waals surface area contributed by atoms with Crippen molar-refractivity contribution in [3.8, 4) is 0 Å². The van der Waals surface area contributed by atoms with Crippen molar-refractivity contribution < 1.29 is 14.3 Å². The van der Waals surface area contributed by atoms with Crippen LogP contribution in [0.3, 0.4) is 0 Å². The largest absolute Gasteiger partial charge is 0.475 e. The van der Waals surface area contributed by atoms with Crippen LogP contribution in [0.25, 0.3) is 0 Å². The van der Waals surface area contributed by atoms with Crippen molar-refractivity contribution in [3.63, 3.8) is 0 Å². The normalized spacial score (nSPS) is 26.8. The van der Waals surface area contributed by atoms with Gasteiger partial charge in [0.15, 0.2) is 5.89 Å². The number of hydrogen-bond acceptors (Lipinski definition) is 3. The van der Waals surface area contributed by atoms with E-state index in [2.05, 4.69) is 18.8 Å². The van der Waals surface area contributed by atoms with Crippen molar-refractivity contribution in [2.24, 2.45) is 5.41 Å². The summed E-state index contributed by atoms with van der Waals surface area (Å²) in [4.78, 5) is 15.4. The Labute approximate surface area is 93.7 Å². The lowest BCUT2D eigenvalue weighted by Gasteiger charge is -1.96. The molecule has 2 aliphatic rings. The first-order valence-corrected chi connectivity index (χ1v) is 5.73. The lowest BCUT2D eigenvalue weighted by Crippen LogP contribution is -1.98. The lowest BCUT2D eigenvalue weighted by molar-refractivity contribution is 0.0658. The van der Waals surface area contributed by atoms with Crippen LogP contribution in [-0.4, -0.2) is 16.1 Å². The standard InChI is InChI=1S/C12H15NO3/c1-12(2)5-7(12)10-13-8(6-3-4-6)9(16-10)11(14)15/h6-7H,3-5H2,1-2H3,(H,14,15). The number of hydrogen-bond donors (Lipinski definition) is 1. The van der Waals surface area contributed by atoms with Crippen molar-refractivity contribution in [2.45, 2.75) is 44.9 Å². The topological polar surface area (TPSA) is 63.3 Å². The maximum absolute atomic E-state index is 11.0. The Hall–Kier alpha value is -1.32. The van der Waals surface area contributed by atoms with Crippen LogP contribution < -0.4 is 0 Å². The highest BCUT2D eigenvalue weighted by atomic mass is 16.4. The summed E-state index contributed by atoms with van der Waals surface area (Å²) in [6, 6.07) is 0. The van der Waals surface area contributed by atoms with Crippen molar-refractivity contribution in [1.29, 1.82) is 0 Å². The second-order valence-electron chi connectivity index (χ2n) is 5.59. The molecule has 1 atom stereocenters. The van der Waals surface area contributed by atoms with Gasteiger partial charge in [0.05, 0.1) is 5.69 Å². The highest BCUT2D eigenvalue weighted by Gasteiger charge is 2.50. The van der Waals surface area contributed by atoms with Crippen LogP contribution in [0.4, 0.5) is 0 Å². The zero-order chi connectivity index (χ0) is 11.5. The fourth-order valence-corrected chi connectivity index (χ4v) is 2.17. The maximum Gasteiger partial charge on any atom is 0.373 e. The van der Waals surface area contributed by atoms with Crippen LogP contribution in [0.15, 0.2) is 4.42 Å². The number of carboxylic acid groups (broad SMARTS) is 1. The van der Waals surface area contributed by atoms with E-state index in [9.17, 15) is 4.79 Å². The molecular weight excluding hydrogens is 206 g/mol. The molecule has 0 spiro atoms. The molecule has 86 valence electrons. The molecule has 0 aliphatic heterocycles. The molecule has 0 saturated heterocycles. The lowest BCUT2D eigenvalue weighted by atomic mass is 10.1. The van der Waals surface area contributed by atoms with Crippen LogP contribution in [0.5, 0.6) is 0 Å². The number of aromatic carboxylic acids is 1. The number of rotatable bonds is 3. The number of carboxylic acids is 1. The molecule has 4 nitrogen and oxygen atoms in total. The summed E-state index contributed by atoms with van der Waals surface area (Å²) in [5, 5.41) is 9.05. The van der Waals surface area contributed by atoms with E-state index in [1.807, 2.05) is 0 Å². The van der Waals surface area contributed by atoms with E-state index in [1.165, 1.54) is 0 Å². The van der Waals surface area contributed by atoms with Crippen molar-refractivity contribution in [2.75, 3.05) is 0 Å². The SMILES string of the molecule is CC1(C)CC1c1nc(C2CC2)c(C(=O)O)o1. The number of carbonyl (C=O) groups is 1. The van der Waals surface area contributed by atoms with Gasteiger partial charge in [0, 0.05) is 11.8 Å². The zero-order valence-electron chi connectivity index (χ0n) is 9.49. The van der Waals surface area contributed by atoms with Crippen LogP contribution in [0.1, 0.15) is 67.1 Å². The summed E-state index contributed by atoms with van der Waals surface area (Å²) in [6.45, 7) is 4.30. The summed E-state index contributed by atoms with van der Waals surface area (Å²) >= 11 is 0. The molecular formula is C12H15NO3. The van der Waals surface area contributed by atoms with Crippen LogP contribution in [0.2, 0.25) is 0 Å². The van der Waals surface area contributed by atoms with E-state index in [0.29, 0.717) is 23.4 Å². The van der Waals surface area contributed by atoms with Gasteiger partial charge in [0.2, 0.25) is 5.76 Å². The van der Waals surface area contributed by atoms with Gasteiger partial charge in [0.1, 0.15) is 0 Å². The van der Waals surface area contributed by atoms with Crippen molar-refractivity contribution in [1.82, 2.24) is 4.98 Å². The van der Waals surface area contributed by atoms with Crippen LogP contribution in [0, 0.1) is 5.41 Å². The Morgan fingerprint density at radius 2 is 2.12 bits per heavy atom. The first kappa shape index (κ1) is 9.87. The Bertz CT molecular complexity index is 457. The predicted octanol–water partition coefficient (Wildman–Crippen LogP) is 2.76. The van der Waals surface area contributed by atoms with Crippen molar-refractivity contribution >= 4 is 5.97 Å². The van der Waals surface area contributed by atoms with Gasteiger partial charge in [-0.3, -0.25) is 0 Å². The third-order valence-electron chi connectivity index (χ3n) is 3.64. The third-order valence-corrected chi connectivity index (χ3v) is 3.64. The first-order valence-electron chi connectivity index (χ1n) is 5.73. The summed E-state index contributed by atoms with van der Waals surface area (Å²) in [7, 11) is 0. The third kappa shape index (κ3) is 1.44. The highest BCUT2D eigenvalue weighted by molar-refractivity contribution is 5.86. The van der Waals surface area contributed by atoms with E-state index < -0.39 is 5.97 Å². The van der Waals surface area contributed by atoms with E-state index in [0.717, 1.165) is 19.3 Å². The average molecular weight is 221 g/mol. The number of aromatic nitrogens is 1. The molecule has 1 heterocycles. The summed E-state index contributed by atoms with van der Waals surface area (Å²) in [6.07, 6.45) is 3.12. The molecule has 2 fully saturated rings. The zero-order valence-corrected chi connectivity index (χ0v) is 9.49. The van der Waals surface area contributed by atoms with Gasteiger partial charge in [0.25, 0.3) is 0 Å². The first-order chi connectivity index (χ1) is 7.49. The molecule has 1 N–H and O–H groups in total. The van der Waals surface area contributed by atoms with Gasteiger partial charge < -0.3 is 9.52 Å². The Morgan fingerprint density at radius 3 is 2.56 bits per heavy atom. The molecule has 3 rings (SSSR count).